The Labute approximate surface area is 71.9 Å². The molecule has 0 saturated heterocycles. The van der Waals surface area contributed by atoms with Crippen molar-refractivity contribution in [2.24, 2.45) is 0 Å². The summed E-state index contributed by atoms with van der Waals surface area (Å²) in [6.45, 7) is 1.67. The van der Waals surface area contributed by atoms with Gasteiger partial charge in [0.2, 0.25) is 5.91 Å². The molecular weight excluding hydrogens is 160 g/mol. The Bertz CT molecular complexity index is 181. The first-order valence-electron chi connectivity index (χ1n) is 3.49. The summed E-state index contributed by atoms with van der Waals surface area (Å²) in [7, 11) is 4.47. The molecule has 0 heterocycles. The van der Waals surface area contributed by atoms with E-state index in [0.29, 0.717) is 0 Å². The van der Waals surface area contributed by atoms with Gasteiger partial charge in [-0.1, -0.05) is 0 Å². The second kappa shape index (κ2) is 4.58. The first-order chi connectivity index (χ1) is 5.49. The molecule has 0 aromatic heterocycles. The molecule has 0 bridgehead atoms. The van der Waals surface area contributed by atoms with Crippen molar-refractivity contribution < 1.29 is 14.3 Å². The highest BCUT2D eigenvalue weighted by molar-refractivity contribution is 5.73. The van der Waals surface area contributed by atoms with Gasteiger partial charge in [-0.25, -0.2) is 4.79 Å². The average Bonchev–Trinajstić information content (AvgIpc) is 2.02. The summed E-state index contributed by atoms with van der Waals surface area (Å²) < 4.78 is 4.44. The van der Waals surface area contributed by atoms with Gasteiger partial charge in [-0.3, -0.25) is 9.69 Å². The Kier molecular flexibility index (Phi) is 4.10. The van der Waals surface area contributed by atoms with Crippen LogP contribution in [0.15, 0.2) is 0 Å². The van der Waals surface area contributed by atoms with Crippen LogP contribution in [0.25, 0.3) is 0 Å². The van der Waals surface area contributed by atoms with Crippen LogP contribution in [0.1, 0.15) is 6.92 Å². The summed E-state index contributed by atoms with van der Waals surface area (Å²) in [6.07, 6.45) is -0.455. The third-order valence-electron chi connectivity index (χ3n) is 1.45. The van der Waals surface area contributed by atoms with Crippen molar-refractivity contribution >= 4 is 12.0 Å². The highest BCUT2D eigenvalue weighted by Gasteiger charge is 2.11. The Morgan fingerprint density at radius 3 is 2.08 bits per heavy atom. The molecule has 0 aromatic rings. The zero-order valence-corrected chi connectivity index (χ0v) is 7.83. The molecule has 0 unspecified atom stereocenters. The van der Waals surface area contributed by atoms with E-state index in [4.69, 9.17) is 0 Å². The van der Waals surface area contributed by atoms with Gasteiger partial charge in [-0.15, -0.1) is 0 Å². The third-order valence-corrected chi connectivity index (χ3v) is 1.45. The molecule has 0 rings (SSSR count). The van der Waals surface area contributed by atoms with E-state index in [1.807, 2.05) is 0 Å². The molecule has 0 spiro atoms. The number of carbonyl (C=O) groups excluding carboxylic acids is 2. The fourth-order valence-electron chi connectivity index (χ4n) is 0.631. The summed E-state index contributed by atoms with van der Waals surface area (Å²) in [5, 5.41) is 0. The minimum atomic E-state index is -0.455. The maximum Gasteiger partial charge on any atom is 0.410 e. The van der Waals surface area contributed by atoms with Gasteiger partial charge in [0.15, 0.2) is 0 Å². The van der Waals surface area contributed by atoms with E-state index >= 15 is 0 Å². The highest BCUT2D eigenvalue weighted by atomic mass is 16.5. The molecule has 12 heavy (non-hydrogen) atoms. The van der Waals surface area contributed by atoms with Crippen LogP contribution in [0.3, 0.4) is 0 Å². The van der Waals surface area contributed by atoms with Gasteiger partial charge in [-0.2, -0.15) is 0 Å². The number of rotatable bonds is 2. The van der Waals surface area contributed by atoms with Crippen molar-refractivity contribution in [3.63, 3.8) is 0 Å². The van der Waals surface area contributed by atoms with E-state index in [2.05, 4.69) is 4.74 Å². The lowest BCUT2D eigenvalue weighted by molar-refractivity contribution is -0.128. The summed E-state index contributed by atoms with van der Waals surface area (Å²) in [6, 6.07) is 0. The molecule has 0 atom stereocenters. The number of hydrogen-bond acceptors (Lipinski definition) is 3. The Hall–Kier alpha value is -1.26. The van der Waals surface area contributed by atoms with Crippen molar-refractivity contribution in [2.45, 2.75) is 6.92 Å². The molecule has 0 fully saturated rings. The van der Waals surface area contributed by atoms with Gasteiger partial charge < -0.3 is 9.64 Å². The molecule has 0 aromatic carbocycles. The Balaban J connectivity index is 3.91. The maximum atomic E-state index is 10.8. The molecule has 0 aliphatic carbocycles. The zero-order valence-electron chi connectivity index (χ0n) is 7.83. The van der Waals surface area contributed by atoms with E-state index in [-0.39, 0.29) is 12.6 Å². The van der Waals surface area contributed by atoms with Crippen LogP contribution in [0, 0.1) is 0 Å². The van der Waals surface area contributed by atoms with Crippen LogP contribution in [0.2, 0.25) is 0 Å². The number of carbonyl (C=O) groups is 2. The third kappa shape index (κ3) is 3.23. The maximum absolute atomic E-state index is 10.8. The first-order valence-corrected chi connectivity index (χ1v) is 3.49. The van der Waals surface area contributed by atoms with E-state index in [1.54, 1.807) is 14.1 Å². The number of ether oxygens (including phenoxy) is 1. The predicted molar refractivity (Wildman–Crippen MR) is 43.5 cm³/mol. The molecular formula is C7H14N2O3. The van der Waals surface area contributed by atoms with Crippen molar-refractivity contribution in [1.82, 2.24) is 9.80 Å². The number of methoxy groups -OCH3 is 1. The molecule has 0 aliphatic heterocycles. The Morgan fingerprint density at radius 1 is 1.25 bits per heavy atom. The van der Waals surface area contributed by atoms with Gasteiger partial charge in [0.25, 0.3) is 0 Å². The molecule has 70 valence electrons. The monoisotopic (exact) mass is 174 g/mol. The van der Waals surface area contributed by atoms with Gasteiger partial charge in [0.05, 0.1) is 13.8 Å². The predicted octanol–water partition coefficient (Wildman–Crippen LogP) is 0.120. The normalized spacial score (nSPS) is 9.00. The molecule has 0 aliphatic rings. The van der Waals surface area contributed by atoms with E-state index in [9.17, 15) is 9.59 Å². The lowest BCUT2D eigenvalue weighted by Gasteiger charge is -2.22. The lowest BCUT2D eigenvalue weighted by atomic mass is 10.6. The highest BCUT2D eigenvalue weighted by Crippen LogP contribution is 1.91. The second-order valence-corrected chi connectivity index (χ2v) is 2.53. The average molecular weight is 174 g/mol. The number of amides is 2. The quantitative estimate of drug-likeness (QED) is 0.559. The largest absolute Gasteiger partial charge is 0.453 e. The fourth-order valence-corrected chi connectivity index (χ4v) is 0.631. The van der Waals surface area contributed by atoms with Crippen LogP contribution >= 0.6 is 0 Å². The van der Waals surface area contributed by atoms with E-state index in [1.165, 1.54) is 23.8 Å². The zero-order chi connectivity index (χ0) is 9.72. The van der Waals surface area contributed by atoms with Crippen LogP contribution in [0.4, 0.5) is 4.79 Å². The van der Waals surface area contributed by atoms with Gasteiger partial charge in [0.1, 0.15) is 0 Å². The lowest BCUT2D eigenvalue weighted by Crippen LogP contribution is -2.39. The topological polar surface area (TPSA) is 49.9 Å². The van der Waals surface area contributed by atoms with Crippen LogP contribution in [0.5, 0.6) is 0 Å². The summed E-state index contributed by atoms with van der Waals surface area (Å²) in [4.78, 5) is 24.3. The standard InChI is InChI=1S/C7H14N2O3/c1-6(10)8(2)5-9(3)7(11)12-4/h5H2,1-4H3. The van der Waals surface area contributed by atoms with Crippen molar-refractivity contribution in [1.29, 1.82) is 0 Å². The van der Waals surface area contributed by atoms with Crippen molar-refractivity contribution in [3.05, 3.63) is 0 Å². The number of nitrogens with zero attached hydrogens (tertiary/aromatic N) is 2. The SMILES string of the molecule is COC(=O)N(C)CN(C)C(C)=O. The van der Waals surface area contributed by atoms with E-state index < -0.39 is 6.09 Å². The van der Waals surface area contributed by atoms with Crippen molar-refractivity contribution in [2.75, 3.05) is 27.9 Å². The van der Waals surface area contributed by atoms with Gasteiger partial charge in [-0.05, 0) is 0 Å². The van der Waals surface area contributed by atoms with Crippen LogP contribution < -0.4 is 0 Å². The minimum Gasteiger partial charge on any atom is -0.453 e. The van der Waals surface area contributed by atoms with Crippen LogP contribution in [-0.4, -0.2) is 49.7 Å². The molecule has 2 amide bonds. The minimum absolute atomic E-state index is 0.0919. The summed E-state index contributed by atoms with van der Waals surface area (Å²) >= 11 is 0. The summed E-state index contributed by atoms with van der Waals surface area (Å²) in [5.74, 6) is -0.0919. The number of hydrogen-bond donors (Lipinski definition) is 0. The molecule has 5 heteroatoms. The van der Waals surface area contributed by atoms with Gasteiger partial charge >= 0.3 is 6.09 Å². The van der Waals surface area contributed by atoms with E-state index in [0.717, 1.165) is 0 Å². The smallest absolute Gasteiger partial charge is 0.410 e. The molecule has 0 radical (unpaired) electrons. The fraction of sp³-hybridized carbons (Fsp3) is 0.714. The molecule has 0 N–H and O–H groups in total. The van der Waals surface area contributed by atoms with Gasteiger partial charge in [0, 0.05) is 21.0 Å². The first kappa shape index (κ1) is 10.7. The van der Waals surface area contributed by atoms with Crippen molar-refractivity contribution in [3.8, 4) is 0 Å². The van der Waals surface area contributed by atoms with Crippen LogP contribution in [-0.2, 0) is 9.53 Å². The molecule has 0 saturated carbocycles. The molecule has 5 nitrogen and oxygen atoms in total. The summed E-state index contributed by atoms with van der Waals surface area (Å²) in [5.41, 5.74) is 0. The second-order valence-electron chi connectivity index (χ2n) is 2.53. The Morgan fingerprint density at radius 2 is 1.75 bits per heavy atom.